The molecular formula is C19H15ClF2NO4P. The van der Waals surface area contributed by atoms with E-state index in [4.69, 9.17) is 25.4 Å². The summed E-state index contributed by atoms with van der Waals surface area (Å²) in [6.45, 7) is 0. The van der Waals surface area contributed by atoms with E-state index in [-0.39, 0.29) is 22.9 Å². The zero-order chi connectivity index (χ0) is 20.1. The molecule has 0 amide bonds. The molecule has 0 fully saturated rings. The van der Waals surface area contributed by atoms with Gasteiger partial charge in [0.25, 0.3) is 0 Å². The van der Waals surface area contributed by atoms with Gasteiger partial charge in [-0.2, -0.15) is 0 Å². The maximum Gasteiger partial charge on any atom is 0.542 e. The van der Waals surface area contributed by atoms with Crippen molar-refractivity contribution in [3.63, 3.8) is 0 Å². The summed E-state index contributed by atoms with van der Waals surface area (Å²) in [5, 5.41) is 2.85. The van der Waals surface area contributed by atoms with Crippen LogP contribution in [0.25, 0.3) is 0 Å². The van der Waals surface area contributed by atoms with E-state index >= 15 is 0 Å². The molecule has 3 aromatic rings. The van der Waals surface area contributed by atoms with E-state index in [1.807, 2.05) is 0 Å². The van der Waals surface area contributed by atoms with Gasteiger partial charge >= 0.3 is 7.75 Å². The highest BCUT2D eigenvalue weighted by atomic mass is 35.5. The van der Waals surface area contributed by atoms with Crippen molar-refractivity contribution in [2.75, 3.05) is 12.2 Å². The molecule has 0 aliphatic heterocycles. The smallest absolute Gasteiger partial charge is 0.495 e. The summed E-state index contributed by atoms with van der Waals surface area (Å²) in [5.74, 6) is -1.93. The third-order valence-corrected chi connectivity index (χ3v) is 5.15. The van der Waals surface area contributed by atoms with E-state index in [2.05, 4.69) is 5.09 Å². The Morgan fingerprint density at radius 1 is 0.857 bits per heavy atom. The van der Waals surface area contributed by atoms with Gasteiger partial charge < -0.3 is 13.8 Å². The van der Waals surface area contributed by atoms with Crippen molar-refractivity contribution in [3.05, 3.63) is 83.4 Å². The minimum absolute atomic E-state index is 0.158. The van der Waals surface area contributed by atoms with E-state index in [1.165, 1.54) is 55.6 Å². The van der Waals surface area contributed by atoms with Gasteiger partial charge in [0.15, 0.2) is 23.1 Å². The van der Waals surface area contributed by atoms with Crippen molar-refractivity contribution in [3.8, 4) is 17.2 Å². The lowest BCUT2D eigenvalue weighted by molar-refractivity contribution is 0.372. The van der Waals surface area contributed by atoms with Gasteiger partial charge in [-0.25, -0.2) is 13.3 Å². The zero-order valence-corrected chi connectivity index (χ0v) is 16.2. The van der Waals surface area contributed by atoms with Crippen LogP contribution in [0.15, 0.2) is 66.7 Å². The number of para-hydroxylation sites is 2. The van der Waals surface area contributed by atoms with Crippen LogP contribution in [0, 0.1) is 11.6 Å². The van der Waals surface area contributed by atoms with Crippen LogP contribution in [0.4, 0.5) is 14.5 Å². The fourth-order valence-corrected chi connectivity index (χ4v) is 3.86. The second kappa shape index (κ2) is 8.50. The molecule has 3 rings (SSSR count). The van der Waals surface area contributed by atoms with E-state index in [9.17, 15) is 13.3 Å². The van der Waals surface area contributed by atoms with Crippen molar-refractivity contribution in [2.45, 2.75) is 0 Å². The molecule has 3 aromatic carbocycles. The number of rotatable bonds is 7. The largest absolute Gasteiger partial charge is 0.542 e. The Hall–Kier alpha value is -2.76. The molecule has 0 atom stereocenters. The van der Waals surface area contributed by atoms with Crippen LogP contribution in [-0.2, 0) is 4.57 Å². The first-order chi connectivity index (χ1) is 13.4. The molecule has 0 radical (unpaired) electrons. The molecule has 146 valence electrons. The summed E-state index contributed by atoms with van der Waals surface area (Å²) >= 11 is 5.99. The predicted octanol–water partition coefficient (Wildman–Crippen LogP) is 6.30. The van der Waals surface area contributed by atoms with E-state index < -0.39 is 19.4 Å². The number of methoxy groups -OCH3 is 1. The first kappa shape index (κ1) is 20.0. The van der Waals surface area contributed by atoms with Crippen molar-refractivity contribution < 1.29 is 27.1 Å². The molecule has 28 heavy (non-hydrogen) atoms. The summed E-state index contributed by atoms with van der Waals surface area (Å²) in [4.78, 5) is 0. The van der Waals surface area contributed by atoms with Crippen LogP contribution in [0.1, 0.15) is 0 Å². The van der Waals surface area contributed by atoms with Gasteiger partial charge in [-0.05, 0) is 42.5 Å². The molecule has 0 aromatic heterocycles. The SMILES string of the molecule is COc1ccc(Cl)cc1NP(=O)(Oc1ccccc1F)Oc1ccccc1F. The molecule has 0 saturated carbocycles. The highest BCUT2D eigenvalue weighted by molar-refractivity contribution is 7.56. The molecule has 0 unspecified atom stereocenters. The van der Waals surface area contributed by atoms with Crippen LogP contribution >= 0.6 is 19.3 Å². The van der Waals surface area contributed by atoms with E-state index in [0.717, 1.165) is 12.1 Å². The third kappa shape index (κ3) is 4.74. The summed E-state index contributed by atoms with van der Waals surface area (Å²) in [7, 11) is -2.97. The van der Waals surface area contributed by atoms with E-state index in [1.54, 1.807) is 6.07 Å². The number of halogens is 3. The fourth-order valence-electron chi connectivity index (χ4n) is 2.28. The van der Waals surface area contributed by atoms with Crippen LogP contribution in [-0.4, -0.2) is 7.11 Å². The Labute approximate surface area is 165 Å². The average molecular weight is 426 g/mol. The van der Waals surface area contributed by atoms with Crippen LogP contribution in [0.2, 0.25) is 5.02 Å². The predicted molar refractivity (Wildman–Crippen MR) is 103 cm³/mol. The summed E-state index contributed by atoms with van der Waals surface area (Å²) < 4.78 is 57.3. The maximum atomic E-state index is 14.0. The van der Waals surface area contributed by atoms with Gasteiger partial charge in [-0.3, -0.25) is 5.09 Å². The molecule has 0 saturated heterocycles. The minimum atomic E-state index is -4.37. The lowest BCUT2D eigenvalue weighted by Crippen LogP contribution is -2.12. The fraction of sp³-hybridized carbons (Fsp3) is 0.0526. The monoisotopic (exact) mass is 425 g/mol. The van der Waals surface area contributed by atoms with E-state index in [0.29, 0.717) is 5.02 Å². The molecule has 0 spiro atoms. The molecule has 0 aliphatic carbocycles. The maximum absolute atomic E-state index is 14.0. The molecule has 0 heterocycles. The van der Waals surface area contributed by atoms with Crippen molar-refractivity contribution >= 4 is 25.0 Å². The topological polar surface area (TPSA) is 56.8 Å². The van der Waals surface area contributed by atoms with Gasteiger partial charge in [-0.1, -0.05) is 35.9 Å². The molecular weight excluding hydrogens is 411 g/mol. The molecule has 0 bridgehead atoms. The number of hydrogen-bond acceptors (Lipinski definition) is 4. The first-order valence-corrected chi connectivity index (χ1v) is 9.92. The normalized spacial score (nSPS) is 11.0. The Morgan fingerprint density at radius 3 is 1.89 bits per heavy atom. The lowest BCUT2D eigenvalue weighted by atomic mass is 10.3. The van der Waals surface area contributed by atoms with Crippen molar-refractivity contribution in [2.24, 2.45) is 0 Å². The number of hydrogen-bond donors (Lipinski definition) is 1. The number of ether oxygens (including phenoxy) is 1. The van der Waals surface area contributed by atoms with Gasteiger partial charge in [0, 0.05) is 5.02 Å². The number of nitrogens with one attached hydrogen (secondary N) is 1. The lowest BCUT2D eigenvalue weighted by Gasteiger charge is -2.22. The minimum Gasteiger partial charge on any atom is -0.495 e. The Bertz CT molecular complexity index is 983. The molecule has 1 N–H and O–H groups in total. The standard InChI is InChI=1S/C19H15ClF2NO4P/c1-25-19-11-10-13(20)12-16(19)23-28(24,26-17-8-4-2-6-14(17)21)27-18-9-5-3-7-15(18)22/h2-12H,1H3,(H,23,24). The van der Waals surface area contributed by atoms with Crippen molar-refractivity contribution in [1.82, 2.24) is 0 Å². The van der Waals surface area contributed by atoms with Gasteiger partial charge in [0.1, 0.15) is 5.75 Å². The van der Waals surface area contributed by atoms with Gasteiger partial charge in [0.05, 0.1) is 12.8 Å². The summed E-state index contributed by atoms with van der Waals surface area (Å²) in [6, 6.07) is 15.2. The highest BCUT2D eigenvalue weighted by Crippen LogP contribution is 2.51. The van der Waals surface area contributed by atoms with Gasteiger partial charge in [-0.15, -0.1) is 0 Å². The van der Waals surface area contributed by atoms with Gasteiger partial charge in [0.2, 0.25) is 0 Å². The Balaban J connectivity index is 2.01. The number of anilines is 1. The quantitative estimate of drug-likeness (QED) is 0.450. The van der Waals surface area contributed by atoms with Crippen molar-refractivity contribution in [1.29, 1.82) is 0 Å². The first-order valence-electron chi connectivity index (χ1n) is 8.00. The highest BCUT2D eigenvalue weighted by Gasteiger charge is 2.32. The average Bonchev–Trinajstić information content (AvgIpc) is 2.66. The summed E-state index contributed by atoms with van der Waals surface area (Å²) in [6.07, 6.45) is 0. The third-order valence-electron chi connectivity index (χ3n) is 3.53. The molecule has 9 heteroatoms. The second-order valence-electron chi connectivity index (χ2n) is 5.50. The summed E-state index contributed by atoms with van der Waals surface area (Å²) in [5.41, 5.74) is 0.158. The van der Waals surface area contributed by atoms with Crippen LogP contribution in [0.5, 0.6) is 17.2 Å². The van der Waals surface area contributed by atoms with Crippen LogP contribution < -0.4 is 18.9 Å². The zero-order valence-electron chi connectivity index (χ0n) is 14.6. The second-order valence-corrected chi connectivity index (χ2v) is 7.52. The Morgan fingerprint density at radius 2 is 1.39 bits per heavy atom. The van der Waals surface area contributed by atoms with Crippen LogP contribution in [0.3, 0.4) is 0 Å². The molecule has 5 nitrogen and oxygen atoms in total. The molecule has 0 aliphatic rings. The Kier molecular flexibility index (Phi) is 6.07. The number of benzene rings is 3.